The van der Waals surface area contributed by atoms with Crippen molar-refractivity contribution in [1.82, 2.24) is 25.1 Å². The van der Waals surface area contributed by atoms with Crippen molar-refractivity contribution in [2.45, 2.75) is 37.8 Å². The Morgan fingerprint density at radius 3 is 2.62 bits per heavy atom. The van der Waals surface area contributed by atoms with Crippen LogP contribution >= 0.6 is 0 Å². The van der Waals surface area contributed by atoms with Gasteiger partial charge < -0.3 is 5.32 Å². The maximum atomic E-state index is 12.8. The van der Waals surface area contributed by atoms with Crippen LogP contribution in [0.3, 0.4) is 0 Å². The normalized spacial score (nSPS) is 18.4. The Labute approximate surface area is 185 Å². The number of amides is 1. The molecule has 7 heteroatoms. The minimum absolute atomic E-state index is 0.0269. The number of fused-ring (bicyclic) bond motifs is 1. The molecule has 0 radical (unpaired) electrons. The molecule has 4 aromatic rings. The molecule has 1 saturated carbocycles. The van der Waals surface area contributed by atoms with Crippen molar-refractivity contribution < 1.29 is 4.79 Å². The van der Waals surface area contributed by atoms with E-state index in [0.29, 0.717) is 5.56 Å². The fraction of sp³-hybridized carbons (Fsp3) is 0.240. The average Bonchev–Trinajstić information content (AvgIpc) is 2.85. The summed E-state index contributed by atoms with van der Waals surface area (Å²) in [5.41, 5.74) is 3.02. The number of benzene rings is 1. The van der Waals surface area contributed by atoms with Crippen molar-refractivity contribution in [2.75, 3.05) is 0 Å². The zero-order valence-corrected chi connectivity index (χ0v) is 17.5. The predicted molar refractivity (Wildman–Crippen MR) is 122 cm³/mol. The highest BCUT2D eigenvalue weighted by molar-refractivity contribution is 5.98. The number of carbonyl (C=O) groups is 1. The van der Waals surface area contributed by atoms with Crippen molar-refractivity contribution in [3.63, 3.8) is 0 Å². The van der Waals surface area contributed by atoms with Crippen molar-refractivity contribution in [1.29, 1.82) is 0 Å². The van der Waals surface area contributed by atoms with Crippen LogP contribution in [0.4, 0.5) is 0 Å². The molecule has 1 aromatic carbocycles. The van der Waals surface area contributed by atoms with Crippen molar-refractivity contribution in [3.05, 3.63) is 89.1 Å². The topological polar surface area (TPSA) is 89.8 Å². The molecule has 160 valence electrons. The third-order valence-electron chi connectivity index (χ3n) is 6.03. The maximum Gasteiger partial charge on any atom is 0.267 e. The highest BCUT2D eigenvalue weighted by Gasteiger charge is 2.25. The van der Waals surface area contributed by atoms with Gasteiger partial charge in [0.05, 0.1) is 17.3 Å². The predicted octanol–water partition coefficient (Wildman–Crippen LogP) is 3.77. The molecule has 0 aliphatic heterocycles. The van der Waals surface area contributed by atoms with Crippen LogP contribution in [0.5, 0.6) is 0 Å². The number of carbonyl (C=O) groups excluding carboxylic acids is 1. The molecule has 0 spiro atoms. The van der Waals surface area contributed by atoms with Crippen LogP contribution < -0.4 is 10.9 Å². The van der Waals surface area contributed by atoms with Gasteiger partial charge in [-0.2, -0.15) is 5.10 Å². The van der Waals surface area contributed by atoms with E-state index in [-0.39, 0.29) is 23.6 Å². The number of hydrogen-bond acceptors (Lipinski definition) is 5. The molecular weight excluding hydrogens is 402 g/mol. The number of nitrogens with zero attached hydrogens (tertiary/aromatic N) is 4. The van der Waals surface area contributed by atoms with Gasteiger partial charge in [0.15, 0.2) is 0 Å². The Morgan fingerprint density at radius 1 is 0.969 bits per heavy atom. The molecule has 1 amide bonds. The molecule has 3 aromatic heterocycles. The first-order chi connectivity index (χ1) is 15.7. The third kappa shape index (κ3) is 4.14. The Bertz CT molecular complexity index is 1310. The number of aromatic nitrogens is 4. The molecule has 0 saturated heterocycles. The SMILES string of the molecule is O=C(NC1CCC(n2nc(-c3cccnc3)ccc2=O)CC1)c1ccc2ncccc2c1. The Morgan fingerprint density at radius 2 is 1.81 bits per heavy atom. The van der Waals surface area contributed by atoms with Crippen LogP contribution in [0.15, 0.2) is 78.0 Å². The first-order valence-corrected chi connectivity index (χ1v) is 10.8. The Kier molecular flexibility index (Phi) is 5.46. The lowest BCUT2D eigenvalue weighted by molar-refractivity contribution is 0.0921. The number of rotatable bonds is 4. The van der Waals surface area contributed by atoms with E-state index in [9.17, 15) is 9.59 Å². The Balaban J connectivity index is 1.25. The van der Waals surface area contributed by atoms with Crippen molar-refractivity contribution in [2.24, 2.45) is 0 Å². The zero-order chi connectivity index (χ0) is 21.9. The van der Waals surface area contributed by atoms with Gasteiger partial charge in [0.1, 0.15) is 0 Å². The van der Waals surface area contributed by atoms with Gasteiger partial charge in [-0.3, -0.25) is 19.6 Å². The zero-order valence-electron chi connectivity index (χ0n) is 17.5. The van der Waals surface area contributed by atoms with Crippen LogP contribution in [0, 0.1) is 0 Å². The van der Waals surface area contributed by atoms with Crippen LogP contribution in [0.2, 0.25) is 0 Å². The van der Waals surface area contributed by atoms with E-state index in [1.165, 1.54) is 0 Å². The second-order valence-corrected chi connectivity index (χ2v) is 8.13. The maximum absolute atomic E-state index is 12.8. The van der Waals surface area contributed by atoms with Crippen molar-refractivity contribution in [3.8, 4) is 11.3 Å². The van der Waals surface area contributed by atoms with Crippen LogP contribution in [0.25, 0.3) is 22.2 Å². The molecule has 1 aliphatic rings. The standard InChI is InChI=1S/C25H23N5O2/c31-24-12-11-23(19-4-1-13-26-16-19)29-30(24)21-8-6-20(7-9-21)28-25(32)18-5-10-22-17(15-18)3-2-14-27-22/h1-5,10-16,20-21H,6-9H2,(H,28,32). The van der Waals surface area contributed by atoms with Gasteiger partial charge in [0.25, 0.3) is 11.5 Å². The van der Waals surface area contributed by atoms with Gasteiger partial charge in [-0.05, 0) is 68.1 Å². The molecule has 1 fully saturated rings. The summed E-state index contributed by atoms with van der Waals surface area (Å²) < 4.78 is 1.59. The van der Waals surface area contributed by atoms with E-state index in [1.54, 1.807) is 35.4 Å². The largest absolute Gasteiger partial charge is 0.349 e. The van der Waals surface area contributed by atoms with E-state index >= 15 is 0 Å². The summed E-state index contributed by atoms with van der Waals surface area (Å²) in [6.45, 7) is 0. The lowest BCUT2D eigenvalue weighted by Crippen LogP contribution is -2.39. The summed E-state index contributed by atoms with van der Waals surface area (Å²) in [5.74, 6) is -0.0759. The summed E-state index contributed by atoms with van der Waals surface area (Å²) in [6, 6.07) is 16.6. The smallest absolute Gasteiger partial charge is 0.267 e. The molecule has 32 heavy (non-hydrogen) atoms. The minimum atomic E-state index is -0.102. The van der Waals surface area contributed by atoms with Gasteiger partial charge in [0.2, 0.25) is 0 Å². The van der Waals surface area contributed by atoms with Gasteiger partial charge >= 0.3 is 0 Å². The van der Waals surface area contributed by atoms with Gasteiger partial charge in [-0.15, -0.1) is 0 Å². The Hall–Kier alpha value is -3.87. The molecule has 1 aliphatic carbocycles. The fourth-order valence-corrected chi connectivity index (χ4v) is 4.31. The van der Waals surface area contributed by atoms with Crippen LogP contribution in [-0.2, 0) is 0 Å². The minimum Gasteiger partial charge on any atom is -0.349 e. The molecule has 0 unspecified atom stereocenters. The molecule has 5 rings (SSSR count). The second kappa shape index (κ2) is 8.70. The van der Waals surface area contributed by atoms with E-state index in [1.807, 2.05) is 42.5 Å². The molecular formula is C25H23N5O2. The average molecular weight is 425 g/mol. The highest BCUT2D eigenvalue weighted by Crippen LogP contribution is 2.28. The first-order valence-electron chi connectivity index (χ1n) is 10.8. The molecule has 0 atom stereocenters. The van der Waals surface area contributed by atoms with Gasteiger partial charge in [-0.1, -0.05) is 6.07 Å². The fourth-order valence-electron chi connectivity index (χ4n) is 4.31. The highest BCUT2D eigenvalue weighted by atomic mass is 16.1. The molecule has 1 N–H and O–H groups in total. The van der Waals surface area contributed by atoms with E-state index < -0.39 is 0 Å². The number of pyridine rings is 2. The monoisotopic (exact) mass is 425 g/mol. The second-order valence-electron chi connectivity index (χ2n) is 8.13. The van der Waals surface area contributed by atoms with E-state index in [0.717, 1.165) is 47.8 Å². The van der Waals surface area contributed by atoms with E-state index in [2.05, 4.69) is 20.4 Å². The first kappa shape index (κ1) is 20.1. The van der Waals surface area contributed by atoms with Crippen LogP contribution in [-0.4, -0.2) is 31.7 Å². The summed E-state index contributed by atoms with van der Waals surface area (Å²) in [7, 11) is 0. The lowest BCUT2D eigenvalue weighted by atomic mass is 9.91. The third-order valence-corrected chi connectivity index (χ3v) is 6.03. The lowest BCUT2D eigenvalue weighted by Gasteiger charge is -2.29. The van der Waals surface area contributed by atoms with Gasteiger partial charge in [-0.25, -0.2) is 4.68 Å². The van der Waals surface area contributed by atoms with Crippen molar-refractivity contribution >= 4 is 16.8 Å². The number of nitrogens with one attached hydrogen (secondary N) is 1. The van der Waals surface area contributed by atoms with Gasteiger partial charge in [0, 0.05) is 47.2 Å². The summed E-state index contributed by atoms with van der Waals surface area (Å²) in [4.78, 5) is 33.7. The molecule has 0 bridgehead atoms. The molecule has 3 heterocycles. The molecule has 7 nitrogen and oxygen atoms in total. The summed E-state index contributed by atoms with van der Waals surface area (Å²) in [5, 5.41) is 8.69. The quantitative estimate of drug-likeness (QED) is 0.538. The summed E-state index contributed by atoms with van der Waals surface area (Å²) in [6.07, 6.45) is 8.38. The van der Waals surface area contributed by atoms with Crippen LogP contribution in [0.1, 0.15) is 42.1 Å². The number of hydrogen-bond donors (Lipinski definition) is 1. The van der Waals surface area contributed by atoms with E-state index in [4.69, 9.17) is 0 Å². The summed E-state index contributed by atoms with van der Waals surface area (Å²) >= 11 is 0.